The van der Waals surface area contributed by atoms with Crippen LogP contribution in [0.1, 0.15) is 11.3 Å². The largest absolute Gasteiger partial charge is 0.502 e. The van der Waals surface area contributed by atoms with Crippen LogP contribution in [-0.4, -0.2) is 10.0 Å². The van der Waals surface area contributed by atoms with Gasteiger partial charge < -0.3 is 9.52 Å². The Morgan fingerprint density at radius 3 is 2.75 bits per heavy atom. The van der Waals surface area contributed by atoms with Crippen molar-refractivity contribution in [2.45, 2.75) is 0 Å². The van der Waals surface area contributed by atoms with Crippen LogP contribution in [0.2, 0.25) is 5.02 Å². The molecule has 0 saturated carbocycles. The maximum atomic E-state index is 11.2. The summed E-state index contributed by atoms with van der Waals surface area (Å²) in [6.07, 6.45) is 3.94. The smallest absolute Gasteiger partial charge is 0.288 e. The summed E-state index contributed by atoms with van der Waals surface area (Å²) >= 11 is 5.69. The zero-order valence-corrected chi connectivity index (χ0v) is 10.7. The first-order chi connectivity index (χ1) is 9.49. The monoisotopic (exact) mass is 293 g/mol. The number of aromatic hydroxyl groups is 1. The summed E-state index contributed by atoms with van der Waals surface area (Å²) in [4.78, 5) is 21.3. The molecule has 0 atom stereocenters. The van der Waals surface area contributed by atoms with Gasteiger partial charge in [-0.1, -0.05) is 23.7 Å². The highest BCUT2D eigenvalue weighted by Crippen LogP contribution is 2.26. The fourth-order valence-electron chi connectivity index (χ4n) is 1.49. The molecule has 20 heavy (non-hydrogen) atoms. The molecule has 0 saturated heterocycles. The van der Waals surface area contributed by atoms with Gasteiger partial charge in [0.05, 0.1) is 11.2 Å². The summed E-state index contributed by atoms with van der Waals surface area (Å²) in [6.45, 7) is 0. The van der Waals surface area contributed by atoms with Gasteiger partial charge in [0.2, 0.25) is 11.2 Å². The van der Waals surface area contributed by atoms with Gasteiger partial charge in [0.1, 0.15) is 5.02 Å². The van der Waals surface area contributed by atoms with E-state index in [1.165, 1.54) is 24.3 Å². The maximum absolute atomic E-state index is 11.2. The van der Waals surface area contributed by atoms with E-state index in [-0.39, 0.29) is 16.5 Å². The third-order valence-electron chi connectivity index (χ3n) is 2.48. The highest BCUT2D eigenvalue weighted by molar-refractivity contribution is 6.32. The average Bonchev–Trinajstić information content (AvgIpc) is 2.41. The molecule has 0 bridgehead atoms. The quantitative estimate of drug-likeness (QED) is 0.693. The normalized spacial score (nSPS) is 10.8. The first kappa shape index (κ1) is 13.8. The molecule has 0 aliphatic carbocycles. The molecule has 6 nitrogen and oxygen atoms in total. The first-order valence-corrected chi connectivity index (χ1v) is 5.79. The fraction of sp³-hybridized carbons (Fsp3) is 0. The number of hydrogen-bond donors (Lipinski definition) is 1. The predicted molar refractivity (Wildman–Crippen MR) is 73.7 cm³/mol. The van der Waals surface area contributed by atoms with Crippen molar-refractivity contribution in [3.05, 3.63) is 67.2 Å². The Morgan fingerprint density at radius 2 is 2.05 bits per heavy atom. The molecule has 7 heteroatoms. The summed E-state index contributed by atoms with van der Waals surface area (Å²) in [6, 6.07) is 5.31. The van der Waals surface area contributed by atoms with E-state index in [4.69, 9.17) is 16.0 Å². The molecule has 0 aliphatic rings. The van der Waals surface area contributed by atoms with Crippen LogP contribution >= 0.6 is 11.6 Å². The summed E-state index contributed by atoms with van der Waals surface area (Å²) in [5, 5.41) is 20.2. The molecule has 1 N–H and O–H groups in total. The lowest BCUT2D eigenvalue weighted by atomic mass is 10.1. The minimum Gasteiger partial charge on any atom is -0.502 e. The van der Waals surface area contributed by atoms with Gasteiger partial charge >= 0.3 is 0 Å². The molecule has 1 heterocycles. The van der Waals surface area contributed by atoms with Gasteiger partial charge in [-0.25, -0.2) is 0 Å². The molecule has 1 aromatic carbocycles. The van der Waals surface area contributed by atoms with E-state index in [1.54, 1.807) is 6.07 Å². The Balaban J connectivity index is 2.37. The summed E-state index contributed by atoms with van der Waals surface area (Å²) in [5.41, 5.74) is -0.322. The zero-order valence-electron chi connectivity index (χ0n) is 9.95. The molecular weight excluding hydrogens is 286 g/mol. The Bertz CT molecular complexity index is 751. The highest BCUT2D eigenvalue weighted by atomic mass is 35.5. The van der Waals surface area contributed by atoms with Gasteiger partial charge in [0.15, 0.2) is 5.76 Å². The van der Waals surface area contributed by atoms with E-state index < -0.39 is 16.1 Å². The molecule has 102 valence electrons. The molecule has 0 amide bonds. The third-order valence-corrected chi connectivity index (χ3v) is 2.79. The van der Waals surface area contributed by atoms with Crippen LogP contribution in [0.25, 0.3) is 12.2 Å². The zero-order chi connectivity index (χ0) is 14.7. The predicted octanol–water partition coefficient (Wildman–Crippen LogP) is 3.08. The molecule has 0 fully saturated rings. The van der Waals surface area contributed by atoms with Crippen molar-refractivity contribution in [2.75, 3.05) is 0 Å². The van der Waals surface area contributed by atoms with E-state index in [9.17, 15) is 20.0 Å². The SMILES string of the molecule is O=c1ccoc(C=Cc2ccc(Cl)c([N+](=O)[O-])c2)c1O. The van der Waals surface area contributed by atoms with Gasteiger partial charge in [-0.3, -0.25) is 14.9 Å². The topological polar surface area (TPSA) is 93.6 Å². The maximum Gasteiger partial charge on any atom is 0.288 e. The number of halogens is 1. The molecule has 2 rings (SSSR count). The molecule has 2 aromatic rings. The van der Waals surface area contributed by atoms with Crippen molar-refractivity contribution in [1.82, 2.24) is 0 Å². The van der Waals surface area contributed by atoms with Crippen LogP contribution in [0, 0.1) is 10.1 Å². The standard InChI is InChI=1S/C13H8ClNO5/c14-9-3-1-8(7-10(9)15(18)19)2-4-12-13(17)11(16)5-6-20-12/h1-7,17H. The van der Waals surface area contributed by atoms with Crippen LogP contribution in [0.5, 0.6) is 5.75 Å². The lowest BCUT2D eigenvalue weighted by Crippen LogP contribution is -1.97. The van der Waals surface area contributed by atoms with Crippen molar-refractivity contribution in [2.24, 2.45) is 0 Å². The Morgan fingerprint density at radius 1 is 1.30 bits per heavy atom. The number of nitro groups is 1. The van der Waals surface area contributed by atoms with Crippen LogP contribution in [0.4, 0.5) is 5.69 Å². The second kappa shape index (κ2) is 5.58. The molecule has 0 aliphatic heterocycles. The molecule has 1 aromatic heterocycles. The highest BCUT2D eigenvalue weighted by Gasteiger charge is 2.11. The van der Waals surface area contributed by atoms with Gasteiger partial charge in [-0.2, -0.15) is 0 Å². The molecular formula is C13H8ClNO5. The fourth-order valence-corrected chi connectivity index (χ4v) is 1.68. The van der Waals surface area contributed by atoms with Crippen molar-refractivity contribution in [1.29, 1.82) is 0 Å². The van der Waals surface area contributed by atoms with Crippen molar-refractivity contribution in [3.63, 3.8) is 0 Å². The van der Waals surface area contributed by atoms with E-state index >= 15 is 0 Å². The van der Waals surface area contributed by atoms with E-state index in [0.717, 1.165) is 12.3 Å². The summed E-state index contributed by atoms with van der Waals surface area (Å²) in [5.74, 6) is -0.553. The molecule has 0 unspecified atom stereocenters. The molecule has 0 radical (unpaired) electrons. The lowest BCUT2D eigenvalue weighted by molar-refractivity contribution is -0.384. The second-order valence-electron chi connectivity index (χ2n) is 3.80. The Kier molecular flexibility index (Phi) is 3.86. The minimum atomic E-state index is -0.597. The first-order valence-electron chi connectivity index (χ1n) is 5.42. The number of nitrogens with zero attached hydrogens (tertiary/aromatic N) is 1. The number of rotatable bonds is 3. The second-order valence-corrected chi connectivity index (χ2v) is 4.21. The van der Waals surface area contributed by atoms with E-state index in [1.807, 2.05) is 0 Å². The Labute approximate surface area is 117 Å². The van der Waals surface area contributed by atoms with Crippen LogP contribution in [0.3, 0.4) is 0 Å². The van der Waals surface area contributed by atoms with E-state index in [0.29, 0.717) is 5.56 Å². The van der Waals surface area contributed by atoms with Gasteiger partial charge in [-0.05, 0) is 17.7 Å². The van der Waals surface area contributed by atoms with Crippen molar-refractivity contribution in [3.8, 4) is 5.75 Å². The average molecular weight is 294 g/mol. The lowest BCUT2D eigenvalue weighted by Gasteiger charge is -1.98. The van der Waals surface area contributed by atoms with Crippen molar-refractivity contribution >= 4 is 29.4 Å². The van der Waals surface area contributed by atoms with Crippen LogP contribution in [0.15, 0.2) is 39.7 Å². The number of hydrogen-bond acceptors (Lipinski definition) is 5. The van der Waals surface area contributed by atoms with Crippen LogP contribution in [-0.2, 0) is 0 Å². The molecule has 0 spiro atoms. The number of nitro benzene ring substituents is 1. The van der Waals surface area contributed by atoms with E-state index in [2.05, 4.69) is 0 Å². The third kappa shape index (κ3) is 2.86. The van der Waals surface area contributed by atoms with Crippen molar-refractivity contribution < 1.29 is 14.4 Å². The van der Waals surface area contributed by atoms with Gasteiger partial charge in [0.25, 0.3) is 5.69 Å². The van der Waals surface area contributed by atoms with Gasteiger partial charge in [0, 0.05) is 12.1 Å². The van der Waals surface area contributed by atoms with Gasteiger partial charge in [-0.15, -0.1) is 0 Å². The summed E-state index contributed by atoms with van der Waals surface area (Å²) < 4.78 is 4.97. The Hall–Kier alpha value is -2.60. The summed E-state index contributed by atoms with van der Waals surface area (Å²) in [7, 11) is 0. The number of benzene rings is 1. The minimum absolute atomic E-state index is 0.0289. The van der Waals surface area contributed by atoms with Crippen LogP contribution < -0.4 is 5.43 Å².